The van der Waals surface area contributed by atoms with E-state index in [0.29, 0.717) is 6.61 Å². The molecule has 0 N–H and O–H groups in total. The molecule has 0 fully saturated rings. The molecule has 0 spiro atoms. The molecule has 2 rings (SSSR count). The van der Waals surface area contributed by atoms with E-state index in [2.05, 4.69) is 4.98 Å². The number of aromatic nitrogens is 1. The number of ether oxygens (including phenoxy) is 1. The third-order valence-corrected chi connectivity index (χ3v) is 3.38. The Morgan fingerprint density at radius 3 is 2.67 bits per heavy atom. The highest BCUT2D eigenvalue weighted by molar-refractivity contribution is 7.07. The molecule has 0 saturated carbocycles. The van der Waals surface area contributed by atoms with Crippen LogP contribution in [0.25, 0.3) is 0 Å². The van der Waals surface area contributed by atoms with E-state index >= 15 is 0 Å². The largest absolute Gasteiger partial charge is 0.460 e. The van der Waals surface area contributed by atoms with Crippen LogP contribution >= 0.6 is 11.3 Å². The lowest BCUT2D eigenvalue weighted by molar-refractivity contribution is -0.150. The molecule has 1 heterocycles. The molecule has 3 nitrogen and oxygen atoms in total. The first-order chi connectivity index (χ1) is 8.60. The van der Waals surface area contributed by atoms with Gasteiger partial charge in [0.2, 0.25) is 0 Å². The molecule has 18 heavy (non-hydrogen) atoms. The molecule has 0 radical (unpaired) electrons. The molecule has 0 bridgehead atoms. The van der Waals surface area contributed by atoms with Gasteiger partial charge in [-0.1, -0.05) is 30.3 Å². The maximum atomic E-state index is 12.1. The van der Waals surface area contributed by atoms with Crippen LogP contribution < -0.4 is 0 Å². The molecule has 0 saturated heterocycles. The summed E-state index contributed by atoms with van der Waals surface area (Å²) in [4.78, 5) is 16.3. The monoisotopic (exact) mass is 261 g/mol. The first kappa shape index (κ1) is 12.8. The standard InChI is InChI=1S/C14H15NO2S/c1-14(2,12-9-18-10-15-12)13(16)17-8-11-6-4-3-5-7-11/h3-7,9-10H,8H2,1-2H3. The van der Waals surface area contributed by atoms with Gasteiger partial charge in [-0.3, -0.25) is 4.79 Å². The van der Waals surface area contributed by atoms with Gasteiger partial charge in [-0.2, -0.15) is 0 Å². The van der Waals surface area contributed by atoms with Crippen molar-refractivity contribution >= 4 is 17.3 Å². The van der Waals surface area contributed by atoms with Crippen molar-refractivity contribution in [2.75, 3.05) is 0 Å². The van der Waals surface area contributed by atoms with Crippen molar-refractivity contribution in [3.63, 3.8) is 0 Å². The number of carbonyl (C=O) groups excluding carboxylic acids is 1. The lowest BCUT2D eigenvalue weighted by Gasteiger charge is -2.20. The maximum Gasteiger partial charge on any atom is 0.317 e. The fraction of sp³-hybridized carbons (Fsp3) is 0.286. The summed E-state index contributed by atoms with van der Waals surface area (Å²) >= 11 is 1.48. The third kappa shape index (κ3) is 2.76. The van der Waals surface area contributed by atoms with E-state index in [-0.39, 0.29) is 5.97 Å². The highest BCUT2D eigenvalue weighted by Crippen LogP contribution is 2.24. The van der Waals surface area contributed by atoms with Gasteiger partial charge in [0.15, 0.2) is 0 Å². The summed E-state index contributed by atoms with van der Waals surface area (Å²) in [5.74, 6) is -0.253. The number of hydrogen-bond donors (Lipinski definition) is 0. The highest BCUT2D eigenvalue weighted by Gasteiger charge is 2.33. The molecule has 4 heteroatoms. The van der Waals surface area contributed by atoms with Crippen LogP contribution in [0.15, 0.2) is 41.2 Å². The molecular weight excluding hydrogens is 246 g/mol. The maximum absolute atomic E-state index is 12.1. The zero-order chi connectivity index (χ0) is 13.0. The summed E-state index contributed by atoms with van der Waals surface area (Å²) in [5.41, 5.74) is 2.77. The number of benzene rings is 1. The number of carbonyl (C=O) groups is 1. The number of rotatable bonds is 4. The lowest BCUT2D eigenvalue weighted by Crippen LogP contribution is -2.31. The topological polar surface area (TPSA) is 39.2 Å². The minimum atomic E-state index is -0.700. The molecule has 0 amide bonds. The van der Waals surface area contributed by atoms with Gasteiger partial charge in [0.1, 0.15) is 12.0 Å². The Labute approximate surface area is 110 Å². The Morgan fingerprint density at radius 2 is 2.06 bits per heavy atom. The highest BCUT2D eigenvalue weighted by atomic mass is 32.1. The molecule has 1 aromatic carbocycles. The van der Waals surface area contributed by atoms with Crippen molar-refractivity contribution in [2.24, 2.45) is 0 Å². The second-order valence-electron chi connectivity index (χ2n) is 4.56. The smallest absolute Gasteiger partial charge is 0.317 e. The van der Waals surface area contributed by atoms with Crippen LogP contribution in [-0.4, -0.2) is 11.0 Å². The van der Waals surface area contributed by atoms with Gasteiger partial charge in [-0.25, -0.2) is 4.98 Å². The number of nitrogens with zero attached hydrogens (tertiary/aromatic N) is 1. The normalized spacial score (nSPS) is 11.2. The zero-order valence-electron chi connectivity index (χ0n) is 10.4. The number of hydrogen-bond acceptors (Lipinski definition) is 4. The summed E-state index contributed by atoms with van der Waals surface area (Å²) < 4.78 is 5.34. The molecular formula is C14H15NO2S. The molecule has 0 aliphatic carbocycles. The summed E-state index contributed by atoms with van der Waals surface area (Å²) in [5, 5.41) is 1.88. The molecule has 0 aliphatic rings. The van der Waals surface area contributed by atoms with Gasteiger partial charge >= 0.3 is 5.97 Å². The first-order valence-corrected chi connectivity index (χ1v) is 6.65. The van der Waals surface area contributed by atoms with Gasteiger partial charge in [-0.15, -0.1) is 11.3 Å². The van der Waals surface area contributed by atoms with E-state index in [9.17, 15) is 4.79 Å². The Hall–Kier alpha value is -1.68. The van der Waals surface area contributed by atoms with Crippen molar-refractivity contribution in [3.8, 4) is 0 Å². The molecule has 0 unspecified atom stereocenters. The number of thiazole rings is 1. The van der Waals surface area contributed by atoms with E-state index in [4.69, 9.17) is 4.74 Å². The predicted octanol–water partition coefficient (Wildman–Crippen LogP) is 3.16. The molecule has 1 aromatic heterocycles. The zero-order valence-corrected chi connectivity index (χ0v) is 11.2. The van der Waals surface area contributed by atoms with Crippen LogP contribution in [0.2, 0.25) is 0 Å². The average Bonchev–Trinajstić information content (AvgIpc) is 2.91. The van der Waals surface area contributed by atoms with Gasteiger partial charge < -0.3 is 4.74 Å². The van der Waals surface area contributed by atoms with E-state index < -0.39 is 5.41 Å². The Bertz CT molecular complexity index is 506. The van der Waals surface area contributed by atoms with Crippen LogP contribution in [0, 0.1) is 0 Å². The third-order valence-electron chi connectivity index (χ3n) is 2.80. The van der Waals surface area contributed by atoms with Crippen molar-refractivity contribution in [3.05, 3.63) is 52.5 Å². The first-order valence-electron chi connectivity index (χ1n) is 5.70. The van der Waals surface area contributed by atoms with E-state index in [1.807, 2.05) is 49.6 Å². The Kier molecular flexibility index (Phi) is 3.77. The van der Waals surface area contributed by atoms with Crippen LogP contribution in [0.3, 0.4) is 0 Å². The quantitative estimate of drug-likeness (QED) is 0.794. The van der Waals surface area contributed by atoms with Gasteiger partial charge in [-0.05, 0) is 19.4 Å². The summed E-state index contributed by atoms with van der Waals surface area (Å²) in [7, 11) is 0. The molecule has 94 valence electrons. The Balaban J connectivity index is 2.00. The summed E-state index contributed by atoms with van der Waals surface area (Å²) in [6.07, 6.45) is 0. The average molecular weight is 261 g/mol. The van der Waals surface area contributed by atoms with Gasteiger partial charge in [0, 0.05) is 5.38 Å². The number of esters is 1. The van der Waals surface area contributed by atoms with Crippen molar-refractivity contribution in [2.45, 2.75) is 25.9 Å². The molecule has 0 atom stereocenters. The lowest BCUT2D eigenvalue weighted by atomic mass is 9.90. The molecule has 2 aromatic rings. The fourth-order valence-corrected chi connectivity index (χ4v) is 2.25. The summed E-state index contributed by atoms with van der Waals surface area (Å²) in [6.45, 7) is 3.96. The van der Waals surface area contributed by atoms with E-state index in [1.165, 1.54) is 11.3 Å². The van der Waals surface area contributed by atoms with Crippen LogP contribution in [0.5, 0.6) is 0 Å². The van der Waals surface area contributed by atoms with E-state index in [1.54, 1.807) is 5.51 Å². The van der Waals surface area contributed by atoms with Gasteiger partial charge in [0.05, 0.1) is 11.2 Å². The molecule has 0 aliphatic heterocycles. The van der Waals surface area contributed by atoms with Crippen molar-refractivity contribution in [1.29, 1.82) is 0 Å². The minimum absolute atomic E-state index is 0.253. The second-order valence-corrected chi connectivity index (χ2v) is 5.28. The van der Waals surface area contributed by atoms with Crippen LogP contribution in [0.4, 0.5) is 0 Å². The van der Waals surface area contributed by atoms with Gasteiger partial charge in [0.25, 0.3) is 0 Å². The van der Waals surface area contributed by atoms with Crippen LogP contribution in [-0.2, 0) is 21.6 Å². The SMILES string of the molecule is CC(C)(C(=O)OCc1ccccc1)c1cscn1. The summed E-state index contributed by atoms with van der Waals surface area (Å²) in [6, 6.07) is 9.65. The predicted molar refractivity (Wildman–Crippen MR) is 71.4 cm³/mol. The van der Waals surface area contributed by atoms with Crippen molar-refractivity contribution in [1.82, 2.24) is 4.98 Å². The second kappa shape index (κ2) is 5.31. The Morgan fingerprint density at radius 1 is 1.33 bits per heavy atom. The van der Waals surface area contributed by atoms with Crippen LogP contribution in [0.1, 0.15) is 25.1 Å². The van der Waals surface area contributed by atoms with E-state index in [0.717, 1.165) is 11.3 Å². The minimum Gasteiger partial charge on any atom is -0.460 e. The van der Waals surface area contributed by atoms with Crippen molar-refractivity contribution < 1.29 is 9.53 Å². The fourth-order valence-electron chi connectivity index (χ4n) is 1.53.